The lowest BCUT2D eigenvalue weighted by atomic mass is 9.87. The number of ether oxygens (including phenoxy) is 10. The number of methoxy groups -OCH3 is 10. The number of piperidine rings is 5. The molecule has 5 aliphatic rings. The summed E-state index contributed by atoms with van der Waals surface area (Å²) < 4.78 is 118. The summed E-state index contributed by atoms with van der Waals surface area (Å²) in [4.78, 5) is 47.4. The number of nitrogens with zero attached hydrogens (tertiary/aromatic N) is 4. The third-order valence-corrected chi connectivity index (χ3v) is 26.4. The second-order valence-corrected chi connectivity index (χ2v) is 34.9. The summed E-state index contributed by atoms with van der Waals surface area (Å²) in [5.41, 5.74) is 8.95. The highest BCUT2D eigenvalue weighted by Crippen LogP contribution is 2.45. The van der Waals surface area contributed by atoms with Crippen LogP contribution in [-0.4, -0.2) is 209 Å². The van der Waals surface area contributed by atoms with E-state index in [1.807, 2.05) is 115 Å². The van der Waals surface area contributed by atoms with Crippen molar-refractivity contribution >= 4 is 17.5 Å². The highest BCUT2D eigenvalue weighted by molar-refractivity contribution is 6.02. The molecule has 15 rings (SSSR count). The molecule has 3 atom stereocenters. The van der Waals surface area contributed by atoms with E-state index in [0.29, 0.717) is 94.6 Å². The predicted octanol–water partition coefficient (Wildman–Crippen LogP) is 19.7. The summed E-state index contributed by atoms with van der Waals surface area (Å²) in [6, 6.07) is 60.4. The summed E-state index contributed by atoms with van der Waals surface area (Å²) in [6.45, 7) is 13.5. The molecule has 10 aromatic carbocycles. The van der Waals surface area contributed by atoms with E-state index in [9.17, 15) is 51.7 Å². The molecule has 4 N–H and O–H groups in total. The summed E-state index contributed by atoms with van der Waals surface area (Å²) in [5.74, 6) is 5.54. The fraction of sp³-hybridized carbons (Fsp3) is 0.432. The number of aliphatic hydroxyl groups is 3. The van der Waals surface area contributed by atoms with Gasteiger partial charge in [-0.1, -0.05) is 123 Å². The number of carbonyl (C=O) groups is 3. The minimum atomic E-state index is -0.561. The van der Waals surface area contributed by atoms with Crippen LogP contribution >= 0.6 is 0 Å². The zero-order valence-electron chi connectivity index (χ0n) is 81.2. The SMILES string of the molecule is CCCc1ccc(F)cc1.COc1cccc(C(=O)C2CCN(C(=O)Cc3ccc(F)cc3)CC2)c1OC.COc1cccc(C(=O)C2CCN(CCc3ccc(F)cc3)CC2)c1OC.COc1cccc(C(O)C2CCN(CCc3ccc(F)cc3)CC2)c1OC.COc1cccc([C@H](O)C2CCN(CCc3ccc(F)cc3)CC2)c1OC.COc1cccc([C@H](O)C2CCNCC2)c1OC. The quantitative estimate of drug-likeness (QED) is 0.0221. The van der Waals surface area contributed by atoms with Crippen molar-refractivity contribution in [1.29, 1.82) is 0 Å². The average Bonchev–Trinajstić information content (AvgIpc) is 0.810. The van der Waals surface area contributed by atoms with Gasteiger partial charge < -0.3 is 87.6 Å². The Hall–Kier alpha value is -11.6. The maximum absolute atomic E-state index is 13.0. The number of hydrogen-bond donors (Lipinski definition) is 4. The zero-order valence-corrected chi connectivity index (χ0v) is 81.2. The van der Waals surface area contributed by atoms with Crippen LogP contribution in [0.1, 0.15) is 161 Å². The molecule has 0 aliphatic carbocycles. The zero-order chi connectivity index (χ0) is 98.1. The molecule has 26 heteroatoms. The number of hydrogen-bond acceptors (Lipinski definition) is 20. The second kappa shape index (κ2) is 56.3. The van der Waals surface area contributed by atoms with E-state index in [4.69, 9.17) is 47.4 Å². The molecular weight excluding hydrogens is 1750 g/mol. The Bertz CT molecular complexity index is 5150. The van der Waals surface area contributed by atoms with E-state index in [1.165, 1.54) is 80.4 Å². The standard InChI is InChI=1S/C22H24FNO4.2C22H28FNO3.C22H26FNO3.C14H21NO3.C9H11F/c1-27-19-5-3-4-18(22(19)28-2)21(26)16-10-12-24(13-11-16)20(25)14-15-6-8-17(23)9-7-15;3*1-26-20-5-3-4-19(22(20)27-2)21(25)17-11-14-24(15-12-17)13-10-16-6-8-18(23)9-7-16;1-17-12-5-3-4-11(14(12)18-2)13(16)10-6-8-15-9-7-10;1-2-3-8-4-6-9(10)7-5-8/h3-9,16H,10-14H2,1-2H3;2*3-9,17,21,25H,10-15H2,1-2H3;3-9,17H,10-15H2,1-2H3;3-5,10,13,15-16H,6-9H2,1-2H3;4-7H,2-3H2,1H3/t;21-;;;13-;/m.1..1./s1. The maximum atomic E-state index is 13.0. The molecular formula is C111H138F5N5O16. The van der Waals surface area contributed by atoms with Crippen molar-refractivity contribution in [3.8, 4) is 57.5 Å². The lowest BCUT2D eigenvalue weighted by Crippen LogP contribution is -2.41. The topological polar surface area (TPSA) is 229 Å². The van der Waals surface area contributed by atoms with Crippen molar-refractivity contribution < 1.29 is 99.0 Å². The van der Waals surface area contributed by atoms with Crippen molar-refractivity contribution in [3.63, 3.8) is 0 Å². The average molecular weight is 1890 g/mol. The van der Waals surface area contributed by atoms with Gasteiger partial charge in [-0.3, -0.25) is 14.4 Å². The van der Waals surface area contributed by atoms with E-state index < -0.39 is 18.3 Å². The van der Waals surface area contributed by atoms with E-state index >= 15 is 0 Å². The van der Waals surface area contributed by atoms with Gasteiger partial charge in [-0.05, 0) is 291 Å². The molecule has 10 aromatic rings. The molecule has 0 spiro atoms. The minimum absolute atomic E-state index is 0.00327. The molecule has 0 radical (unpaired) electrons. The Balaban J connectivity index is 0.000000173. The number of carbonyl (C=O) groups excluding carboxylic acids is 3. The molecule has 738 valence electrons. The Morgan fingerprint density at radius 1 is 0.314 bits per heavy atom. The minimum Gasteiger partial charge on any atom is -0.493 e. The Labute approximate surface area is 805 Å². The van der Waals surface area contributed by atoms with Crippen LogP contribution in [0.15, 0.2) is 212 Å². The van der Waals surface area contributed by atoms with Gasteiger partial charge in [0.05, 0.1) is 107 Å². The second-order valence-electron chi connectivity index (χ2n) is 34.9. The number of aliphatic hydroxyl groups excluding tert-OH is 3. The van der Waals surface area contributed by atoms with Gasteiger partial charge in [0, 0.05) is 61.2 Å². The van der Waals surface area contributed by atoms with E-state index in [-0.39, 0.29) is 82.6 Å². The van der Waals surface area contributed by atoms with Gasteiger partial charge in [-0.25, -0.2) is 22.0 Å². The summed E-state index contributed by atoms with van der Waals surface area (Å²) in [6.07, 6.45) is 12.1. The van der Waals surface area contributed by atoms with Crippen molar-refractivity contribution in [2.45, 2.75) is 128 Å². The molecule has 5 fully saturated rings. The Morgan fingerprint density at radius 3 is 0.854 bits per heavy atom. The number of likely N-dealkylation sites (tertiary alicyclic amines) is 4. The van der Waals surface area contributed by atoms with Gasteiger partial charge in [-0.2, -0.15) is 0 Å². The molecule has 0 saturated carbocycles. The summed E-state index contributed by atoms with van der Waals surface area (Å²) in [7, 11) is 15.8. The molecule has 21 nitrogen and oxygen atoms in total. The maximum Gasteiger partial charge on any atom is 0.226 e. The summed E-state index contributed by atoms with van der Waals surface area (Å²) >= 11 is 0. The number of nitrogens with one attached hydrogen (secondary N) is 1. The lowest BCUT2D eigenvalue weighted by molar-refractivity contribution is -0.131. The Kier molecular flexibility index (Phi) is 44.1. The first-order chi connectivity index (χ1) is 66.5. The van der Waals surface area contributed by atoms with Crippen LogP contribution < -0.4 is 52.7 Å². The van der Waals surface area contributed by atoms with Crippen molar-refractivity contribution in [1.82, 2.24) is 24.9 Å². The molecule has 0 bridgehead atoms. The van der Waals surface area contributed by atoms with Gasteiger partial charge in [0.1, 0.15) is 29.1 Å². The normalized spacial score (nSPS) is 15.8. The van der Waals surface area contributed by atoms with E-state index in [1.54, 1.807) is 98.2 Å². The summed E-state index contributed by atoms with van der Waals surface area (Å²) in [5, 5.41) is 35.6. The predicted molar refractivity (Wildman–Crippen MR) is 524 cm³/mol. The van der Waals surface area contributed by atoms with Gasteiger partial charge in [-0.15, -0.1) is 0 Å². The number of para-hydroxylation sites is 5. The first kappa shape index (κ1) is 107. The fourth-order valence-electron chi connectivity index (χ4n) is 18.4. The molecule has 137 heavy (non-hydrogen) atoms. The van der Waals surface area contributed by atoms with Crippen LogP contribution in [0.2, 0.25) is 0 Å². The first-order valence-electron chi connectivity index (χ1n) is 47.5. The van der Waals surface area contributed by atoms with E-state index in [0.717, 1.165) is 194 Å². The molecule has 5 aliphatic heterocycles. The van der Waals surface area contributed by atoms with Crippen molar-refractivity contribution in [2.24, 2.45) is 29.6 Å². The smallest absolute Gasteiger partial charge is 0.226 e. The number of halogens is 5. The monoisotopic (exact) mass is 1890 g/mol. The number of aryl methyl sites for hydroxylation is 1. The Morgan fingerprint density at radius 2 is 0.569 bits per heavy atom. The molecule has 0 aromatic heterocycles. The van der Waals surface area contributed by atoms with Crippen LogP contribution in [-0.2, 0) is 36.9 Å². The molecule has 5 heterocycles. The first-order valence-corrected chi connectivity index (χ1v) is 47.5. The van der Waals surface area contributed by atoms with Crippen LogP contribution in [0.5, 0.6) is 57.5 Å². The largest absolute Gasteiger partial charge is 0.493 e. The molecule has 5 saturated heterocycles. The van der Waals surface area contributed by atoms with Crippen molar-refractivity contribution in [3.05, 3.63) is 297 Å². The van der Waals surface area contributed by atoms with Crippen LogP contribution in [0.3, 0.4) is 0 Å². The third kappa shape index (κ3) is 31.7. The van der Waals surface area contributed by atoms with E-state index in [2.05, 4.69) is 26.9 Å². The van der Waals surface area contributed by atoms with Crippen molar-refractivity contribution in [2.75, 3.05) is 156 Å². The lowest BCUT2D eigenvalue weighted by Gasteiger charge is -2.34. The number of Topliss-reactive ketones (excluding diaryl/α,β-unsaturated/α-hetero) is 2. The molecule has 1 unspecified atom stereocenters. The van der Waals surface area contributed by atoms with Gasteiger partial charge >= 0.3 is 0 Å². The highest BCUT2D eigenvalue weighted by atomic mass is 19.1. The number of ketones is 2. The van der Waals surface area contributed by atoms with Gasteiger partial charge in [0.15, 0.2) is 69.1 Å². The van der Waals surface area contributed by atoms with Crippen LogP contribution in [0.25, 0.3) is 0 Å². The number of benzene rings is 10. The van der Waals surface area contributed by atoms with Gasteiger partial charge in [0.2, 0.25) is 5.91 Å². The highest BCUT2D eigenvalue weighted by Gasteiger charge is 2.35. The molecule has 1 amide bonds. The fourth-order valence-corrected chi connectivity index (χ4v) is 18.4. The van der Waals surface area contributed by atoms with Gasteiger partial charge in [0.25, 0.3) is 0 Å². The third-order valence-electron chi connectivity index (χ3n) is 26.4. The van der Waals surface area contributed by atoms with Crippen LogP contribution in [0, 0.1) is 58.7 Å². The van der Waals surface area contributed by atoms with Crippen LogP contribution in [0.4, 0.5) is 22.0 Å². The number of rotatable bonds is 33. The number of amides is 1.